The quantitative estimate of drug-likeness (QED) is 0.727. The van der Waals surface area contributed by atoms with Gasteiger partial charge in [0.05, 0.1) is 21.2 Å². The molecule has 1 saturated carbocycles. The molecular weight excluding hydrogens is 442 g/mol. The first kappa shape index (κ1) is 23.4. The Morgan fingerprint density at radius 1 is 1.32 bits per heavy atom. The molecule has 2 fully saturated rings. The van der Waals surface area contributed by atoms with E-state index < -0.39 is 44.3 Å². The number of nitrogens with zero attached hydrogens (tertiary/aromatic N) is 2. The number of likely N-dealkylation sites (tertiary alicyclic amines) is 1. The molecule has 1 heterocycles. The number of hydrogen-bond acceptors (Lipinski definition) is 6. The number of halogens is 1. The van der Waals surface area contributed by atoms with Gasteiger partial charge in [-0.15, -0.1) is 0 Å². The van der Waals surface area contributed by atoms with Crippen molar-refractivity contribution in [3.05, 3.63) is 28.8 Å². The minimum Gasteiger partial charge on any atom is -0.444 e. The molecule has 0 unspecified atom stereocenters. The lowest BCUT2D eigenvalue weighted by Gasteiger charge is -2.28. The van der Waals surface area contributed by atoms with Gasteiger partial charge < -0.3 is 10.1 Å². The Morgan fingerprint density at radius 2 is 1.97 bits per heavy atom. The molecule has 1 N–H and O–H groups in total. The van der Waals surface area contributed by atoms with E-state index in [9.17, 15) is 23.3 Å². The highest BCUT2D eigenvalue weighted by Crippen LogP contribution is 2.36. The third-order valence-corrected chi connectivity index (χ3v) is 7.97. The lowest BCUT2D eigenvalue weighted by atomic mass is 10.2. The Labute approximate surface area is 187 Å². The predicted molar refractivity (Wildman–Crippen MR) is 114 cm³/mol. The zero-order valence-corrected chi connectivity index (χ0v) is 19.5. The van der Waals surface area contributed by atoms with Gasteiger partial charge in [0.2, 0.25) is 5.91 Å². The summed E-state index contributed by atoms with van der Waals surface area (Å²) in [5.74, 6) is -0.558. The standard InChI is InChI=1S/C21H26ClN3O5S/c1-13-5-6-17(15(22)9-13)31(28,29)14-10-16(18(26)24-21(12-23)7-8-21)25(11-14)19(27)30-20(2,3)4/h5-6,9,14,16H,7-8,10-11H2,1-4H3,(H,24,26)/t14-,16+/m1/s1. The predicted octanol–water partition coefficient (Wildman–Crippen LogP) is 2.97. The number of ether oxygens (including phenoxy) is 1. The average Bonchev–Trinajstić information content (AvgIpc) is 3.25. The molecule has 1 aliphatic carbocycles. The molecule has 2 aliphatic rings. The molecule has 168 valence electrons. The normalized spacial score (nSPS) is 22.5. The van der Waals surface area contributed by atoms with Gasteiger partial charge in [-0.3, -0.25) is 9.69 Å². The van der Waals surface area contributed by atoms with Crippen LogP contribution in [0.25, 0.3) is 0 Å². The maximum Gasteiger partial charge on any atom is 0.411 e. The van der Waals surface area contributed by atoms with Crippen molar-refractivity contribution in [2.75, 3.05) is 6.54 Å². The Morgan fingerprint density at radius 3 is 2.48 bits per heavy atom. The first-order valence-corrected chi connectivity index (χ1v) is 11.9. The number of amides is 2. The SMILES string of the molecule is Cc1ccc(S(=O)(=O)[C@@H]2C[C@@H](C(=O)NC3(C#N)CC3)N(C(=O)OC(C)(C)C)C2)c(Cl)c1. The Bertz CT molecular complexity index is 1050. The number of carbonyl (C=O) groups excluding carboxylic acids is 2. The van der Waals surface area contributed by atoms with Crippen molar-refractivity contribution in [2.45, 2.75) is 74.3 Å². The molecule has 2 amide bonds. The Hall–Kier alpha value is -2.31. The number of carbonyl (C=O) groups is 2. The smallest absolute Gasteiger partial charge is 0.411 e. The summed E-state index contributed by atoms with van der Waals surface area (Å²) < 4.78 is 32.0. The second-order valence-corrected chi connectivity index (χ2v) is 11.8. The van der Waals surface area contributed by atoms with Crippen LogP contribution in [0.2, 0.25) is 5.02 Å². The summed E-state index contributed by atoms with van der Waals surface area (Å²) in [5.41, 5.74) is -0.942. The van der Waals surface area contributed by atoms with Crippen molar-refractivity contribution >= 4 is 33.4 Å². The fraction of sp³-hybridized carbons (Fsp3) is 0.571. The molecule has 3 rings (SSSR count). The molecule has 1 aliphatic heterocycles. The number of nitriles is 1. The van der Waals surface area contributed by atoms with Gasteiger partial charge in [-0.1, -0.05) is 17.7 Å². The monoisotopic (exact) mass is 467 g/mol. The zero-order chi connectivity index (χ0) is 23.2. The molecule has 0 spiro atoms. The lowest BCUT2D eigenvalue weighted by molar-refractivity contribution is -0.126. The number of benzene rings is 1. The summed E-state index contributed by atoms with van der Waals surface area (Å²) in [5, 5.41) is 11.0. The first-order chi connectivity index (χ1) is 14.3. The first-order valence-electron chi connectivity index (χ1n) is 10.0. The van der Waals surface area contributed by atoms with Gasteiger partial charge in [-0.05, 0) is 64.7 Å². The third kappa shape index (κ3) is 4.96. The van der Waals surface area contributed by atoms with Crippen molar-refractivity contribution in [1.82, 2.24) is 10.2 Å². The molecule has 1 saturated heterocycles. The van der Waals surface area contributed by atoms with Crippen LogP contribution in [-0.2, 0) is 19.4 Å². The zero-order valence-electron chi connectivity index (χ0n) is 17.9. The van der Waals surface area contributed by atoms with Crippen molar-refractivity contribution in [2.24, 2.45) is 0 Å². The van der Waals surface area contributed by atoms with Crippen LogP contribution in [0.3, 0.4) is 0 Å². The van der Waals surface area contributed by atoms with Gasteiger partial charge >= 0.3 is 6.09 Å². The van der Waals surface area contributed by atoms with Crippen LogP contribution in [0.4, 0.5) is 4.79 Å². The van der Waals surface area contributed by atoms with Gasteiger partial charge in [-0.25, -0.2) is 13.2 Å². The lowest BCUT2D eigenvalue weighted by Crippen LogP contribution is -2.50. The van der Waals surface area contributed by atoms with Gasteiger partial charge in [0.25, 0.3) is 0 Å². The van der Waals surface area contributed by atoms with E-state index in [1.807, 2.05) is 0 Å². The summed E-state index contributed by atoms with van der Waals surface area (Å²) in [6.45, 7) is 6.64. The third-order valence-electron chi connectivity index (χ3n) is 5.35. The molecule has 0 aromatic heterocycles. The average molecular weight is 468 g/mol. The molecule has 2 atom stereocenters. The fourth-order valence-corrected chi connectivity index (χ4v) is 5.82. The van der Waals surface area contributed by atoms with E-state index >= 15 is 0 Å². The maximum atomic E-state index is 13.3. The van der Waals surface area contributed by atoms with Gasteiger partial charge in [0.1, 0.15) is 17.2 Å². The molecule has 0 bridgehead atoms. The van der Waals surface area contributed by atoms with E-state index in [0.29, 0.717) is 12.8 Å². The summed E-state index contributed by atoms with van der Waals surface area (Å²) in [6, 6.07) is 5.64. The molecular formula is C21H26ClN3O5S. The van der Waals surface area contributed by atoms with E-state index in [1.165, 1.54) is 6.07 Å². The van der Waals surface area contributed by atoms with Crippen LogP contribution in [0.15, 0.2) is 23.1 Å². The highest BCUT2D eigenvalue weighted by atomic mass is 35.5. The highest BCUT2D eigenvalue weighted by molar-refractivity contribution is 7.92. The maximum absolute atomic E-state index is 13.3. The minimum atomic E-state index is -3.92. The van der Waals surface area contributed by atoms with Gasteiger partial charge in [0, 0.05) is 6.54 Å². The van der Waals surface area contributed by atoms with Crippen molar-refractivity contribution in [3.63, 3.8) is 0 Å². The summed E-state index contributed by atoms with van der Waals surface area (Å²) >= 11 is 6.19. The Balaban J connectivity index is 1.90. The number of rotatable bonds is 4. The van der Waals surface area contributed by atoms with Crippen molar-refractivity contribution in [1.29, 1.82) is 5.26 Å². The van der Waals surface area contributed by atoms with E-state index in [2.05, 4.69) is 11.4 Å². The summed E-state index contributed by atoms with van der Waals surface area (Å²) in [7, 11) is -3.92. The van der Waals surface area contributed by atoms with E-state index in [-0.39, 0.29) is 22.9 Å². The topological polar surface area (TPSA) is 117 Å². The van der Waals surface area contributed by atoms with Crippen molar-refractivity contribution in [3.8, 4) is 6.07 Å². The van der Waals surface area contributed by atoms with E-state index in [4.69, 9.17) is 16.3 Å². The second kappa shape index (κ2) is 7.99. The molecule has 0 radical (unpaired) electrons. The van der Waals surface area contributed by atoms with Crippen molar-refractivity contribution < 1.29 is 22.7 Å². The summed E-state index contributed by atoms with van der Waals surface area (Å²) in [4.78, 5) is 26.8. The molecule has 10 heteroatoms. The van der Waals surface area contributed by atoms with Crippen LogP contribution < -0.4 is 5.32 Å². The molecule has 8 nitrogen and oxygen atoms in total. The fourth-order valence-electron chi connectivity index (χ4n) is 3.52. The summed E-state index contributed by atoms with van der Waals surface area (Å²) in [6.07, 6.45) is 0.158. The van der Waals surface area contributed by atoms with Crippen LogP contribution in [-0.4, -0.2) is 54.3 Å². The Kier molecular flexibility index (Phi) is 6.02. The van der Waals surface area contributed by atoms with Gasteiger partial charge in [0.15, 0.2) is 9.84 Å². The molecule has 1 aromatic rings. The largest absolute Gasteiger partial charge is 0.444 e. The molecule has 31 heavy (non-hydrogen) atoms. The molecule has 1 aromatic carbocycles. The van der Waals surface area contributed by atoms with E-state index in [1.54, 1.807) is 39.8 Å². The second-order valence-electron chi connectivity index (χ2n) is 9.17. The van der Waals surface area contributed by atoms with Crippen LogP contribution in [0, 0.1) is 18.3 Å². The van der Waals surface area contributed by atoms with E-state index in [0.717, 1.165) is 10.5 Å². The highest BCUT2D eigenvalue weighted by Gasteiger charge is 2.51. The van der Waals surface area contributed by atoms with Crippen LogP contribution in [0.1, 0.15) is 45.6 Å². The number of aryl methyl sites for hydroxylation is 1. The number of hydrogen-bond donors (Lipinski definition) is 1. The van der Waals surface area contributed by atoms with Crippen LogP contribution in [0.5, 0.6) is 0 Å². The van der Waals surface area contributed by atoms with Crippen LogP contribution >= 0.6 is 11.6 Å². The number of sulfone groups is 1. The minimum absolute atomic E-state index is 0.0364. The van der Waals surface area contributed by atoms with Gasteiger partial charge in [-0.2, -0.15) is 5.26 Å². The number of nitrogens with one attached hydrogen (secondary N) is 1.